The van der Waals surface area contributed by atoms with Gasteiger partial charge in [0.2, 0.25) is 5.91 Å². The van der Waals surface area contributed by atoms with Crippen LogP contribution >= 0.6 is 0 Å². The highest BCUT2D eigenvalue weighted by Gasteiger charge is 2.27. The summed E-state index contributed by atoms with van der Waals surface area (Å²) in [6, 6.07) is 7.08. The minimum absolute atomic E-state index is 0.564. The van der Waals surface area contributed by atoms with Crippen LogP contribution in [0, 0.1) is 0 Å². The number of hydrogen-bond acceptors (Lipinski definition) is 3. The van der Waals surface area contributed by atoms with Crippen LogP contribution in [0.25, 0.3) is 0 Å². The third-order valence-corrected chi connectivity index (χ3v) is 2.36. The average Bonchev–Trinajstić information content (AvgIpc) is 2.36. The van der Waals surface area contributed by atoms with E-state index in [0.717, 1.165) is 12.1 Å². The lowest BCUT2D eigenvalue weighted by Crippen LogP contribution is -2.24. The van der Waals surface area contributed by atoms with Crippen LogP contribution in [-0.4, -0.2) is 31.8 Å². The monoisotopic (exact) mass is 290 g/mol. The summed E-state index contributed by atoms with van der Waals surface area (Å²) in [5.74, 6) is -0.613. The molecule has 7 heteroatoms. The molecule has 0 aromatic heterocycles. The van der Waals surface area contributed by atoms with Gasteiger partial charge in [-0.15, -0.1) is 0 Å². The zero-order chi connectivity index (χ0) is 15.0. The molecule has 4 nitrogen and oxygen atoms in total. The SMILES string of the molecule is CCNCc1ccccc1NC(=O)COCC(F)(F)F. The molecule has 1 rings (SSSR count). The number of alkyl halides is 3. The Kier molecular flexibility index (Phi) is 6.47. The first-order chi connectivity index (χ1) is 9.42. The van der Waals surface area contributed by atoms with Gasteiger partial charge in [0.25, 0.3) is 0 Å². The maximum Gasteiger partial charge on any atom is 0.411 e. The van der Waals surface area contributed by atoms with Gasteiger partial charge in [0, 0.05) is 12.2 Å². The number of carbonyl (C=O) groups is 1. The molecular weight excluding hydrogens is 273 g/mol. The Labute approximate surface area is 115 Å². The van der Waals surface area contributed by atoms with Crippen LogP contribution in [0.15, 0.2) is 24.3 Å². The molecule has 0 heterocycles. The zero-order valence-corrected chi connectivity index (χ0v) is 11.1. The number of carbonyl (C=O) groups excluding carboxylic acids is 1. The van der Waals surface area contributed by atoms with Crippen LogP contribution in [0.2, 0.25) is 0 Å². The molecule has 20 heavy (non-hydrogen) atoms. The fourth-order valence-corrected chi connectivity index (χ4v) is 1.50. The topological polar surface area (TPSA) is 50.4 Å². The Morgan fingerprint density at radius 3 is 2.65 bits per heavy atom. The third kappa shape index (κ3) is 6.53. The minimum atomic E-state index is -4.43. The van der Waals surface area contributed by atoms with Gasteiger partial charge >= 0.3 is 6.18 Å². The van der Waals surface area contributed by atoms with E-state index < -0.39 is 25.3 Å². The van der Waals surface area contributed by atoms with Crippen LogP contribution in [0.4, 0.5) is 18.9 Å². The Morgan fingerprint density at radius 1 is 1.30 bits per heavy atom. The summed E-state index contributed by atoms with van der Waals surface area (Å²) < 4.78 is 39.9. The van der Waals surface area contributed by atoms with Crippen molar-refractivity contribution in [2.24, 2.45) is 0 Å². The van der Waals surface area contributed by atoms with E-state index in [1.807, 2.05) is 19.1 Å². The fraction of sp³-hybridized carbons (Fsp3) is 0.462. The Morgan fingerprint density at radius 2 is 2.00 bits per heavy atom. The number of halogens is 3. The molecule has 0 radical (unpaired) electrons. The maximum atomic E-state index is 11.9. The number of rotatable bonds is 7. The van der Waals surface area contributed by atoms with Crippen LogP contribution in [0.5, 0.6) is 0 Å². The largest absolute Gasteiger partial charge is 0.411 e. The Bertz CT molecular complexity index is 436. The molecule has 1 amide bonds. The van der Waals surface area contributed by atoms with E-state index >= 15 is 0 Å². The Hall–Kier alpha value is -1.60. The smallest absolute Gasteiger partial charge is 0.362 e. The highest BCUT2D eigenvalue weighted by molar-refractivity contribution is 5.92. The highest BCUT2D eigenvalue weighted by atomic mass is 19.4. The summed E-state index contributed by atoms with van der Waals surface area (Å²) >= 11 is 0. The molecule has 1 aromatic rings. The number of nitrogens with one attached hydrogen (secondary N) is 2. The summed E-state index contributed by atoms with van der Waals surface area (Å²) in [7, 11) is 0. The van der Waals surface area contributed by atoms with Gasteiger partial charge in [0.15, 0.2) is 0 Å². The molecule has 0 aliphatic heterocycles. The number of anilines is 1. The number of ether oxygens (including phenoxy) is 1. The second-order valence-electron chi connectivity index (χ2n) is 4.09. The molecule has 0 saturated heterocycles. The summed E-state index contributed by atoms with van der Waals surface area (Å²) in [5.41, 5.74) is 1.42. The lowest BCUT2D eigenvalue weighted by molar-refractivity contribution is -0.174. The molecule has 2 N–H and O–H groups in total. The van der Waals surface area contributed by atoms with E-state index in [1.54, 1.807) is 12.1 Å². The number of hydrogen-bond donors (Lipinski definition) is 2. The van der Waals surface area contributed by atoms with Gasteiger partial charge in [0.1, 0.15) is 13.2 Å². The predicted octanol–water partition coefficient (Wildman–Crippen LogP) is 2.31. The van der Waals surface area contributed by atoms with E-state index in [2.05, 4.69) is 15.4 Å². The quantitative estimate of drug-likeness (QED) is 0.810. The van der Waals surface area contributed by atoms with Crippen LogP contribution in [0.1, 0.15) is 12.5 Å². The first-order valence-electron chi connectivity index (χ1n) is 6.15. The lowest BCUT2D eigenvalue weighted by Gasteiger charge is -2.12. The van der Waals surface area contributed by atoms with Gasteiger partial charge in [-0.2, -0.15) is 13.2 Å². The average molecular weight is 290 g/mol. The van der Waals surface area contributed by atoms with Crippen LogP contribution in [-0.2, 0) is 16.1 Å². The van der Waals surface area contributed by atoms with Gasteiger partial charge in [-0.1, -0.05) is 25.1 Å². The fourth-order valence-electron chi connectivity index (χ4n) is 1.50. The normalized spacial score (nSPS) is 11.4. The van der Waals surface area contributed by atoms with Gasteiger partial charge in [0.05, 0.1) is 0 Å². The molecule has 0 fully saturated rings. The van der Waals surface area contributed by atoms with Gasteiger partial charge < -0.3 is 15.4 Å². The van der Waals surface area contributed by atoms with Crippen molar-refractivity contribution >= 4 is 11.6 Å². The molecule has 112 valence electrons. The first-order valence-corrected chi connectivity index (χ1v) is 6.15. The van der Waals surface area contributed by atoms with E-state index in [0.29, 0.717) is 12.2 Å². The van der Waals surface area contributed by atoms with Crippen LogP contribution in [0.3, 0.4) is 0 Å². The summed E-state index contributed by atoms with van der Waals surface area (Å²) in [6.45, 7) is 1.23. The van der Waals surface area contributed by atoms with Crippen molar-refractivity contribution < 1.29 is 22.7 Å². The summed E-state index contributed by atoms with van der Waals surface area (Å²) in [5, 5.41) is 5.64. The van der Waals surface area contributed by atoms with E-state index in [9.17, 15) is 18.0 Å². The standard InChI is InChI=1S/C13H17F3N2O2/c1-2-17-7-10-5-3-4-6-11(10)18-12(19)8-20-9-13(14,15)16/h3-6,17H,2,7-9H2,1H3,(H,18,19). The van der Waals surface area contributed by atoms with Crippen molar-refractivity contribution in [2.45, 2.75) is 19.6 Å². The van der Waals surface area contributed by atoms with Crippen molar-refractivity contribution in [3.8, 4) is 0 Å². The Balaban J connectivity index is 2.49. The van der Waals surface area contributed by atoms with E-state index in [-0.39, 0.29) is 0 Å². The van der Waals surface area contributed by atoms with E-state index in [4.69, 9.17) is 0 Å². The molecular formula is C13H17F3N2O2. The zero-order valence-electron chi connectivity index (χ0n) is 11.1. The molecule has 0 spiro atoms. The lowest BCUT2D eigenvalue weighted by atomic mass is 10.1. The molecule has 0 saturated carbocycles. The van der Waals surface area contributed by atoms with E-state index in [1.165, 1.54) is 0 Å². The van der Waals surface area contributed by atoms with Crippen molar-refractivity contribution in [1.82, 2.24) is 5.32 Å². The minimum Gasteiger partial charge on any atom is -0.362 e. The van der Waals surface area contributed by atoms with Crippen molar-refractivity contribution in [3.63, 3.8) is 0 Å². The molecule has 1 aromatic carbocycles. The number of amides is 1. The summed E-state index contributed by atoms with van der Waals surface area (Å²) in [6.07, 6.45) is -4.43. The first kappa shape index (κ1) is 16.5. The second-order valence-corrected chi connectivity index (χ2v) is 4.09. The van der Waals surface area contributed by atoms with Gasteiger partial charge in [-0.3, -0.25) is 4.79 Å². The van der Waals surface area contributed by atoms with Gasteiger partial charge in [-0.05, 0) is 18.2 Å². The molecule has 0 unspecified atom stereocenters. The highest BCUT2D eigenvalue weighted by Crippen LogP contribution is 2.16. The predicted molar refractivity (Wildman–Crippen MR) is 69.3 cm³/mol. The maximum absolute atomic E-state index is 11.9. The van der Waals surface area contributed by atoms with Crippen molar-refractivity contribution in [3.05, 3.63) is 29.8 Å². The molecule has 0 bridgehead atoms. The van der Waals surface area contributed by atoms with Crippen LogP contribution < -0.4 is 10.6 Å². The van der Waals surface area contributed by atoms with Crippen molar-refractivity contribution in [2.75, 3.05) is 25.1 Å². The summed E-state index contributed by atoms with van der Waals surface area (Å²) in [4.78, 5) is 11.5. The number of benzene rings is 1. The molecule has 0 aliphatic carbocycles. The van der Waals surface area contributed by atoms with Gasteiger partial charge in [-0.25, -0.2) is 0 Å². The van der Waals surface area contributed by atoms with Crippen molar-refractivity contribution in [1.29, 1.82) is 0 Å². The molecule has 0 aliphatic rings. The number of para-hydroxylation sites is 1. The molecule has 0 atom stereocenters. The second kappa shape index (κ2) is 7.86. The third-order valence-electron chi connectivity index (χ3n) is 2.36.